The number of aromatic nitrogens is 4. The third-order valence-corrected chi connectivity index (χ3v) is 7.56. The highest BCUT2D eigenvalue weighted by molar-refractivity contribution is 5.96. The number of hydrogen-bond acceptors (Lipinski definition) is 9. The number of ether oxygens (including phenoxy) is 2. The second kappa shape index (κ2) is 19.4. The summed E-state index contributed by atoms with van der Waals surface area (Å²) in [6.07, 6.45) is 6.97. The average molecular weight is 741 g/mol. The molecular weight excluding hydrogens is 702 g/mol. The van der Waals surface area contributed by atoms with Crippen LogP contribution in [-0.2, 0) is 35.8 Å². The molecule has 2 aromatic carbocycles. The number of nitrogens with zero attached hydrogens (tertiary/aromatic N) is 5. The van der Waals surface area contributed by atoms with Crippen LogP contribution in [0.15, 0.2) is 85.5 Å². The number of amides is 1. The molecule has 0 aliphatic rings. The average Bonchev–Trinajstić information content (AvgIpc) is 3.63. The number of fused-ring (bicyclic) bond motifs is 2. The third kappa shape index (κ3) is 10.4. The molecule has 4 N–H and O–H groups in total. The molecular formula is C36H39ClF2N6O7. The van der Waals surface area contributed by atoms with E-state index in [-0.39, 0.29) is 35.4 Å². The van der Waals surface area contributed by atoms with E-state index in [4.69, 9.17) is 19.8 Å². The van der Waals surface area contributed by atoms with Crippen LogP contribution in [0.3, 0.4) is 0 Å². The predicted octanol–water partition coefficient (Wildman–Crippen LogP) is 5.92. The Balaban J connectivity index is 0.000000257. The summed E-state index contributed by atoms with van der Waals surface area (Å²) in [4.78, 5) is 31.2. The first kappa shape index (κ1) is 41.1. The van der Waals surface area contributed by atoms with E-state index in [1.54, 1.807) is 68.5 Å². The maximum atomic E-state index is 13.1. The Morgan fingerprint density at radius 3 is 1.54 bits per heavy atom. The molecule has 0 aliphatic heterocycles. The van der Waals surface area contributed by atoms with Crippen LogP contribution in [0.25, 0.3) is 21.8 Å². The minimum atomic E-state index is -1.07. The highest BCUT2D eigenvalue weighted by atomic mass is 35.5. The Morgan fingerprint density at radius 2 is 1.17 bits per heavy atom. The van der Waals surface area contributed by atoms with Crippen LogP contribution in [0.2, 0.25) is 0 Å². The predicted molar refractivity (Wildman–Crippen MR) is 191 cm³/mol. The normalized spacial score (nSPS) is 10.5. The van der Waals surface area contributed by atoms with Gasteiger partial charge in [0.25, 0.3) is 5.91 Å². The lowest BCUT2D eigenvalue weighted by atomic mass is 10.2. The lowest BCUT2D eigenvalue weighted by molar-refractivity contribution is -0.0379. The van der Waals surface area contributed by atoms with Crippen LogP contribution in [0.4, 0.5) is 8.78 Å². The topological polar surface area (TPSA) is 164 Å². The summed E-state index contributed by atoms with van der Waals surface area (Å²) >= 11 is 0. The Kier molecular flexibility index (Phi) is 15.3. The smallest absolute Gasteiger partial charge is 0.354 e. The molecule has 4 aromatic heterocycles. The zero-order chi connectivity index (χ0) is 37.1. The second-order valence-corrected chi connectivity index (χ2v) is 11.2. The summed E-state index contributed by atoms with van der Waals surface area (Å²) in [6, 6.07) is 15.7. The highest BCUT2D eigenvalue weighted by Crippen LogP contribution is 2.25. The van der Waals surface area contributed by atoms with Gasteiger partial charge in [-0.3, -0.25) is 10.0 Å². The fourth-order valence-electron chi connectivity index (χ4n) is 5.30. The van der Waals surface area contributed by atoms with E-state index in [0.717, 1.165) is 44.1 Å². The van der Waals surface area contributed by atoms with Gasteiger partial charge in [0.05, 0.1) is 36.6 Å². The minimum absolute atomic E-state index is 0. The van der Waals surface area contributed by atoms with E-state index in [1.807, 2.05) is 21.5 Å². The summed E-state index contributed by atoms with van der Waals surface area (Å²) in [5.41, 5.74) is 7.20. The molecule has 0 bridgehead atoms. The zero-order valence-corrected chi connectivity index (χ0v) is 29.6. The molecule has 16 heteroatoms. The van der Waals surface area contributed by atoms with E-state index >= 15 is 0 Å². The van der Waals surface area contributed by atoms with Gasteiger partial charge in [-0.15, -0.1) is 12.4 Å². The molecule has 0 saturated carbocycles. The lowest BCUT2D eigenvalue weighted by Gasteiger charge is -2.08. The summed E-state index contributed by atoms with van der Waals surface area (Å²) in [5, 5.41) is 27.9. The molecule has 52 heavy (non-hydrogen) atoms. The van der Waals surface area contributed by atoms with Crippen molar-refractivity contribution in [3.8, 4) is 0 Å². The second-order valence-electron chi connectivity index (χ2n) is 11.2. The Labute approximate surface area is 304 Å². The molecule has 0 unspecified atom stereocenters. The molecule has 0 saturated heterocycles. The number of halogens is 3. The monoisotopic (exact) mass is 740 g/mol. The molecule has 0 atom stereocenters. The standard InChI is InChI=1S/C18H18FN3O3.C17H15FN2O3.CH5NO.ClH/c1-21(24)18(23)16-7-15-13(11-25-2)10-22(17(15)8-20-16)9-12-3-5-14(19)6-4-12;1-23-10-12-9-20(8-11-2-4-13(18)5-3-11)16-7-19-15(17(21)22)6-14(12)16;1-2-3;/h3-8,10,24H,9,11H2,1-2H3;2-7,9H,8,10H2,1H3,(H,21,22);2-3H,1H3;1H. The van der Waals surface area contributed by atoms with Crippen molar-refractivity contribution in [2.45, 2.75) is 26.3 Å². The first-order valence-electron chi connectivity index (χ1n) is 15.4. The number of nitrogens with one attached hydrogen (secondary N) is 1. The van der Waals surface area contributed by atoms with Crippen molar-refractivity contribution in [1.82, 2.24) is 29.6 Å². The maximum absolute atomic E-state index is 13.1. The number of rotatable bonds is 10. The maximum Gasteiger partial charge on any atom is 0.354 e. The van der Waals surface area contributed by atoms with Gasteiger partial charge >= 0.3 is 5.97 Å². The Morgan fingerprint density at radius 1 is 0.788 bits per heavy atom. The van der Waals surface area contributed by atoms with Gasteiger partial charge < -0.3 is 28.9 Å². The van der Waals surface area contributed by atoms with Crippen molar-refractivity contribution in [1.29, 1.82) is 0 Å². The number of benzene rings is 2. The van der Waals surface area contributed by atoms with E-state index in [9.17, 15) is 23.6 Å². The number of carbonyl (C=O) groups excluding carboxylic acids is 1. The molecule has 0 fully saturated rings. The summed E-state index contributed by atoms with van der Waals surface area (Å²) < 4.78 is 40.4. The molecule has 13 nitrogen and oxygen atoms in total. The summed E-state index contributed by atoms with van der Waals surface area (Å²) in [6.45, 7) is 1.82. The van der Waals surface area contributed by atoms with Crippen molar-refractivity contribution in [3.63, 3.8) is 0 Å². The van der Waals surface area contributed by atoms with Crippen molar-refractivity contribution < 1.29 is 43.4 Å². The van der Waals surface area contributed by atoms with E-state index in [2.05, 4.69) is 9.97 Å². The highest BCUT2D eigenvalue weighted by Gasteiger charge is 2.17. The third-order valence-electron chi connectivity index (χ3n) is 7.56. The van der Waals surface area contributed by atoms with E-state index in [1.165, 1.54) is 38.4 Å². The lowest BCUT2D eigenvalue weighted by Crippen LogP contribution is -2.23. The molecule has 0 aliphatic carbocycles. The number of carboxylic acid groups (broad SMARTS) is 1. The van der Waals surface area contributed by atoms with Gasteiger partial charge in [0.15, 0.2) is 0 Å². The number of aromatic carboxylic acids is 1. The fourth-order valence-corrected chi connectivity index (χ4v) is 5.30. The van der Waals surface area contributed by atoms with E-state index < -0.39 is 11.9 Å². The van der Waals surface area contributed by atoms with Crippen LogP contribution in [0.1, 0.15) is 43.2 Å². The number of pyridine rings is 2. The molecule has 6 rings (SSSR count). The number of carboxylic acids is 1. The Hall–Kier alpha value is -5.29. The first-order valence-corrected chi connectivity index (χ1v) is 15.4. The molecule has 6 aromatic rings. The van der Waals surface area contributed by atoms with Gasteiger partial charge in [-0.2, -0.15) is 0 Å². The van der Waals surface area contributed by atoms with Gasteiger partial charge in [0.1, 0.15) is 23.0 Å². The number of hydroxylamine groups is 3. The first-order chi connectivity index (χ1) is 24.5. The van der Waals surface area contributed by atoms with Crippen molar-refractivity contribution in [2.24, 2.45) is 0 Å². The quantitative estimate of drug-likeness (QED) is 0.0980. The molecule has 276 valence electrons. The molecule has 1 amide bonds. The van der Waals surface area contributed by atoms with Crippen LogP contribution in [0, 0.1) is 11.6 Å². The van der Waals surface area contributed by atoms with Gasteiger partial charge in [-0.1, -0.05) is 24.3 Å². The number of methoxy groups -OCH3 is 2. The Bertz CT molecular complexity index is 2090. The summed E-state index contributed by atoms with van der Waals surface area (Å²) in [7, 11) is 5.87. The molecule has 0 radical (unpaired) electrons. The largest absolute Gasteiger partial charge is 0.477 e. The fraction of sp³-hybridized carbons (Fsp3) is 0.222. The van der Waals surface area contributed by atoms with Gasteiger partial charge in [0.2, 0.25) is 0 Å². The van der Waals surface area contributed by atoms with Gasteiger partial charge in [0, 0.05) is 75.7 Å². The number of hydrogen-bond donors (Lipinski definition) is 4. The van der Waals surface area contributed by atoms with E-state index in [0.29, 0.717) is 31.4 Å². The SMILES string of the molecule is CNO.COCc1cn(Cc2ccc(F)cc2)c2cnc(C(=O)N(C)O)cc12.COCc1cn(Cc2ccc(F)cc2)c2cnc(C(=O)O)cc12.Cl. The number of carbonyl (C=O) groups is 2. The molecule has 4 heterocycles. The van der Waals surface area contributed by atoms with Crippen LogP contribution < -0.4 is 5.48 Å². The van der Waals surface area contributed by atoms with Crippen molar-refractivity contribution in [3.05, 3.63) is 131 Å². The summed E-state index contributed by atoms with van der Waals surface area (Å²) in [5.74, 6) is -2.21. The minimum Gasteiger partial charge on any atom is -0.477 e. The van der Waals surface area contributed by atoms with Crippen LogP contribution in [-0.4, -0.2) is 79.9 Å². The van der Waals surface area contributed by atoms with Gasteiger partial charge in [-0.25, -0.2) is 34.1 Å². The van der Waals surface area contributed by atoms with Crippen LogP contribution >= 0.6 is 12.4 Å². The van der Waals surface area contributed by atoms with Crippen LogP contribution in [0.5, 0.6) is 0 Å². The van der Waals surface area contributed by atoms with Crippen molar-refractivity contribution >= 4 is 46.1 Å². The van der Waals surface area contributed by atoms with Crippen molar-refractivity contribution in [2.75, 3.05) is 28.3 Å². The van der Waals surface area contributed by atoms with Gasteiger partial charge in [-0.05, 0) is 47.5 Å². The zero-order valence-electron chi connectivity index (χ0n) is 28.8. The molecule has 0 spiro atoms.